The fourth-order valence-electron chi connectivity index (χ4n) is 1.63. The van der Waals surface area contributed by atoms with Crippen molar-refractivity contribution in [3.05, 3.63) is 47.9 Å². The van der Waals surface area contributed by atoms with Crippen LogP contribution in [0.4, 0.5) is 0 Å². The Balaban J connectivity index is 2.44. The van der Waals surface area contributed by atoms with Crippen molar-refractivity contribution >= 4 is 5.97 Å². The molecule has 2 aromatic rings. The summed E-state index contributed by atoms with van der Waals surface area (Å²) in [6, 6.07) is 7.82. The molecule has 0 N–H and O–H groups in total. The Morgan fingerprint density at radius 2 is 2.00 bits per heavy atom. The predicted octanol–water partition coefficient (Wildman–Crippen LogP) is 2.63. The summed E-state index contributed by atoms with van der Waals surface area (Å²) in [4.78, 5) is 19.9. The SMILES string of the molecule is CCOC(=O)c1cncnc1-c1ccc(C)cc1. The number of nitrogens with zero attached hydrogens (tertiary/aromatic N) is 2. The fourth-order valence-corrected chi connectivity index (χ4v) is 1.63. The van der Waals surface area contributed by atoms with E-state index in [9.17, 15) is 4.79 Å². The highest BCUT2D eigenvalue weighted by molar-refractivity contribution is 5.95. The van der Waals surface area contributed by atoms with Gasteiger partial charge in [-0.3, -0.25) is 0 Å². The van der Waals surface area contributed by atoms with Crippen LogP contribution in [-0.2, 0) is 4.74 Å². The van der Waals surface area contributed by atoms with E-state index < -0.39 is 5.97 Å². The molecule has 0 amide bonds. The van der Waals surface area contributed by atoms with Crippen LogP contribution in [-0.4, -0.2) is 22.5 Å². The number of aryl methyl sites for hydroxylation is 1. The second-order valence-electron chi connectivity index (χ2n) is 3.87. The molecular weight excluding hydrogens is 228 g/mol. The summed E-state index contributed by atoms with van der Waals surface area (Å²) in [5.74, 6) is -0.395. The Hall–Kier alpha value is -2.23. The smallest absolute Gasteiger partial charge is 0.341 e. The third kappa shape index (κ3) is 2.53. The van der Waals surface area contributed by atoms with Crippen LogP contribution in [0.25, 0.3) is 11.3 Å². The van der Waals surface area contributed by atoms with Gasteiger partial charge in [-0.05, 0) is 13.8 Å². The summed E-state index contributed by atoms with van der Waals surface area (Å²) in [5.41, 5.74) is 3.03. The van der Waals surface area contributed by atoms with E-state index in [4.69, 9.17) is 4.74 Å². The molecule has 2 rings (SSSR count). The summed E-state index contributed by atoms with van der Waals surface area (Å²) in [6.07, 6.45) is 2.91. The summed E-state index contributed by atoms with van der Waals surface area (Å²) in [5, 5.41) is 0. The molecule has 0 fully saturated rings. The van der Waals surface area contributed by atoms with Gasteiger partial charge in [0.15, 0.2) is 0 Å². The number of hydrogen-bond acceptors (Lipinski definition) is 4. The maximum absolute atomic E-state index is 11.8. The molecule has 0 bridgehead atoms. The molecule has 0 aliphatic heterocycles. The highest BCUT2D eigenvalue weighted by Gasteiger charge is 2.15. The second-order valence-corrected chi connectivity index (χ2v) is 3.87. The van der Waals surface area contributed by atoms with Gasteiger partial charge >= 0.3 is 5.97 Å². The number of aromatic nitrogens is 2. The van der Waals surface area contributed by atoms with E-state index in [1.807, 2.05) is 31.2 Å². The summed E-state index contributed by atoms with van der Waals surface area (Å²) in [7, 11) is 0. The van der Waals surface area contributed by atoms with Crippen LogP contribution in [0.3, 0.4) is 0 Å². The van der Waals surface area contributed by atoms with Crippen LogP contribution in [0, 0.1) is 6.92 Å². The first-order chi connectivity index (χ1) is 8.72. The summed E-state index contributed by atoms with van der Waals surface area (Å²) >= 11 is 0. The monoisotopic (exact) mass is 242 g/mol. The van der Waals surface area contributed by atoms with Crippen LogP contribution >= 0.6 is 0 Å². The minimum atomic E-state index is -0.395. The Morgan fingerprint density at radius 1 is 1.28 bits per heavy atom. The third-order valence-corrected chi connectivity index (χ3v) is 2.53. The minimum Gasteiger partial charge on any atom is -0.462 e. The number of benzene rings is 1. The largest absolute Gasteiger partial charge is 0.462 e. The number of carbonyl (C=O) groups excluding carboxylic acids is 1. The molecule has 1 aromatic carbocycles. The van der Waals surface area contributed by atoms with Gasteiger partial charge in [0.2, 0.25) is 0 Å². The number of carbonyl (C=O) groups is 1. The van der Waals surface area contributed by atoms with E-state index in [0.29, 0.717) is 17.9 Å². The van der Waals surface area contributed by atoms with Crippen molar-refractivity contribution < 1.29 is 9.53 Å². The van der Waals surface area contributed by atoms with Gasteiger partial charge in [-0.2, -0.15) is 0 Å². The zero-order valence-electron chi connectivity index (χ0n) is 10.4. The first kappa shape index (κ1) is 12.2. The predicted molar refractivity (Wildman–Crippen MR) is 68.2 cm³/mol. The molecule has 1 heterocycles. The Labute approximate surface area is 106 Å². The van der Waals surface area contributed by atoms with Gasteiger partial charge in [-0.1, -0.05) is 29.8 Å². The van der Waals surface area contributed by atoms with Crippen LogP contribution in [0.1, 0.15) is 22.8 Å². The minimum absolute atomic E-state index is 0.334. The summed E-state index contributed by atoms with van der Waals surface area (Å²) < 4.78 is 4.99. The average Bonchev–Trinajstić information content (AvgIpc) is 2.40. The van der Waals surface area contributed by atoms with E-state index in [1.165, 1.54) is 12.5 Å². The fraction of sp³-hybridized carbons (Fsp3) is 0.214. The Morgan fingerprint density at radius 3 is 2.67 bits per heavy atom. The molecule has 0 unspecified atom stereocenters. The van der Waals surface area contributed by atoms with Gasteiger partial charge in [0.05, 0.1) is 12.3 Å². The number of rotatable bonds is 3. The summed E-state index contributed by atoms with van der Waals surface area (Å²) in [6.45, 7) is 4.12. The molecule has 0 saturated heterocycles. The molecular formula is C14H14N2O2. The first-order valence-corrected chi connectivity index (χ1v) is 5.76. The van der Waals surface area contributed by atoms with E-state index in [1.54, 1.807) is 6.92 Å². The lowest BCUT2D eigenvalue weighted by molar-refractivity contribution is 0.0526. The van der Waals surface area contributed by atoms with E-state index in [0.717, 1.165) is 11.1 Å². The molecule has 0 saturated carbocycles. The molecule has 18 heavy (non-hydrogen) atoms. The molecule has 1 aromatic heterocycles. The normalized spacial score (nSPS) is 10.1. The molecule has 0 aliphatic rings. The molecule has 0 spiro atoms. The standard InChI is InChI=1S/C14H14N2O2/c1-3-18-14(17)12-8-15-9-16-13(12)11-6-4-10(2)5-7-11/h4-9H,3H2,1-2H3. The van der Waals surface area contributed by atoms with Gasteiger partial charge in [0.1, 0.15) is 11.9 Å². The van der Waals surface area contributed by atoms with E-state index in [2.05, 4.69) is 9.97 Å². The zero-order chi connectivity index (χ0) is 13.0. The number of ether oxygens (including phenoxy) is 1. The average molecular weight is 242 g/mol. The van der Waals surface area contributed by atoms with Gasteiger partial charge in [-0.25, -0.2) is 14.8 Å². The molecule has 4 heteroatoms. The Bertz CT molecular complexity index is 550. The highest BCUT2D eigenvalue weighted by atomic mass is 16.5. The van der Waals surface area contributed by atoms with E-state index >= 15 is 0 Å². The van der Waals surface area contributed by atoms with Gasteiger partial charge in [-0.15, -0.1) is 0 Å². The van der Waals surface area contributed by atoms with E-state index in [-0.39, 0.29) is 0 Å². The lowest BCUT2D eigenvalue weighted by atomic mass is 10.1. The number of esters is 1. The van der Waals surface area contributed by atoms with Crippen LogP contribution in [0.5, 0.6) is 0 Å². The third-order valence-electron chi connectivity index (χ3n) is 2.53. The molecule has 0 aliphatic carbocycles. The second kappa shape index (κ2) is 5.40. The molecule has 92 valence electrons. The maximum Gasteiger partial charge on any atom is 0.341 e. The molecule has 0 radical (unpaired) electrons. The molecule has 4 nitrogen and oxygen atoms in total. The van der Waals surface area contributed by atoms with Crippen molar-refractivity contribution in [2.24, 2.45) is 0 Å². The van der Waals surface area contributed by atoms with Crippen LogP contribution in [0.15, 0.2) is 36.8 Å². The van der Waals surface area contributed by atoms with Crippen molar-refractivity contribution in [1.29, 1.82) is 0 Å². The molecule has 0 atom stereocenters. The highest BCUT2D eigenvalue weighted by Crippen LogP contribution is 2.21. The van der Waals surface area contributed by atoms with Crippen molar-refractivity contribution in [2.75, 3.05) is 6.61 Å². The lowest BCUT2D eigenvalue weighted by Crippen LogP contribution is -2.08. The zero-order valence-corrected chi connectivity index (χ0v) is 10.4. The topological polar surface area (TPSA) is 52.1 Å². The van der Waals surface area contributed by atoms with Crippen LogP contribution < -0.4 is 0 Å². The van der Waals surface area contributed by atoms with Gasteiger partial charge in [0, 0.05) is 11.8 Å². The van der Waals surface area contributed by atoms with Gasteiger partial charge < -0.3 is 4.74 Å². The van der Waals surface area contributed by atoms with Crippen LogP contribution in [0.2, 0.25) is 0 Å². The van der Waals surface area contributed by atoms with Crippen molar-refractivity contribution in [1.82, 2.24) is 9.97 Å². The van der Waals surface area contributed by atoms with Gasteiger partial charge in [0.25, 0.3) is 0 Å². The first-order valence-electron chi connectivity index (χ1n) is 5.76. The Kier molecular flexibility index (Phi) is 3.67. The van der Waals surface area contributed by atoms with Crippen molar-refractivity contribution in [2.45, 2.75) is 13.8 Å². The maximum atomic E-state index is 11.8. The van der Waals surface area contributed by atoms with Crippen molar-refractivity contribution in [3.63, 3.8) is 0 Å². The van der Waals surface area contributed by atoms with Crippen molar-refractivity contribution in [3.8, 4) is 11.3 Å². The quantitative estimate of drug-likeness (QED) is 0.776. The lowest BCUT2D eigenvalue weighted by Gasteiger charge is -2.07. The number of hydrogen-bond donors (Lipinski definition) is 0.